The van der Waals surface area contributed by atoms with E-state index in [4.69, 9.17) is 0 Å². The van der Waals surface area contributed by atoms with Crippen molar-refractivity contribution in [2.75, 3.05) is 26.2 Å². The number of hydrogen-bond acceptors (Lipinski definition) is 2. The number of carbonyl (C=O) groups excluding carboxylic acids is 1. The number of likely N-dealkylation sites (tertiary alicyclic amines) is 1. The minimum atomic E-state index is 0. The fourth-order valence-corrected chi connectivity index (χ4v) is 2.94. The van der Waals surface area contributed by atoms with Crippen LogP contribution in [0.2, 0.25) is 0 Å². The molecule has 0 aromatic heterocycles. The lowest BCUT2D eigenvalue weighted by atomic mass is 10.0. The third-order valence-corrected chi connectivity index (χ3v) is 3.94. The fourth-order valence-electron chi connectivity index (χ4n) is 2.94. The highest BCUT2D eigenvalue weighted by atomic mass is 35.5. The van der Waals surface area contributed by atoms with Gasteiger partial charge in [-0.25, -0.2) is 0 Å². The van der Waals surface area contributed by atoms with Crippen LogP contribution < -0.4 is 5.32 Å². The first-order valence-corrected chi connectivity index (χ1v) is 6.35. The summed E-state index contributed by atoms with van der Waals surface area (Å²) in [5.74, 6) is 1.66. The number of nitrogens with zero attached hydrogens (tertiary/aromatic N) is 1. The number of nitrogens with one attached hydrogen (secondary N) is 1. The zero-order chi connectivity index (χ0) is 11.7. The number of amides is 1. The van der Waals surface area contributed by atoms with E-state index in [1.54, 1.807) is 0 Å². The van der Waals surface area contributed by atoms with E-state index in [0.29, 0.717) is 18.3 Å². The molecule has 3 nitrogen and oxygen atoms in total. The molecule has 1 aromatic rings. The van der Waals surface area contributed by atoms with Gasteiger partial charge in [0, 0.05) is 26.2 Å². The van der Waals surface area contributed by atoms with Gasteiger partial charge in [0.2, 0.25) is 5.91 Å². The average Bonchev–Trinajstić information content (AvgIpc) is 2.90. The number of rotatable bonds is 2. The van der Waals surface area contributed by atoms with Crippen LogP contribution in [0.3, 0.4) is 0 Å². The van der Waals surface area contributed by atoms with Gasteiger partial charge in [0.1, 0.15) is 0 Å². The van der Waals surface area contributed by atoms with Crippen molar-refractivity contribution in [3.05, 3.63) is 35.9 Å². The molecule has 2 saturated heterocycles. The van der Waals surface area contributed by atoms with Gasteiger partial charge in [-0.3, -0.25) is 4.79 Å². The van der Waals surface area contributed by atoms with Crippen molar-refractivity contribution >= 4 is 18.3 Å². The third kappa shape index (κ3) is 2.68. The first-order valence-electron chi connectivity index (χ1n) is 6.35. The quantitative estimate of drug-likeness (QED) is 0.876. The molecular weight excluding hydrogens is 248 g/mol. The Balaban J connectivity index is 0.00000120. The summed E-state index contributed by atoms with van der Waals surface area (Å²) in [4.78, 5) is 14.2. The molecule has 0 bridgehead atoms. The smallest absolute Gasteiger partial charge is 0.227 e. The summed E-state index contributed by atoms with van der Waals surface area (Å²) >= 11 is 0. The normalized spacial score (nSPS) is 25.7. The first-order chi connectivity index (χ1) is 8.33. The average molecular weight is 267 g/mol. The highest BCUT2D eigenvalue weighted by Gasteiger charge is 2.37. The largest absolute Gasteiger partial charge is 0.342 e. The van der Waals surface area contributed by atoms with Crippen molar-refractivity contribution in [3.63, 3.8) is 0 Å². The van der Waals surface area contributed by atoms with Gasteiger partial charge in [-0.15, -0.1) is 12.4 Å². The van der Waals surface area contributed by atoms with Crippen LogP contribution >= 0.6 is 12.4 Å². The molecule has 1 aromatic carbocycles. The van der Waals surface area contributed by atoms with Gasteiger partial charge in [-0.05, 0) is 17.4 Å². The molecule has 2 fully saturated rings. The Morgan fingerprint density at radius 3 is 2.39 bits per heavy atom. The zero-order valence-corrected chi connectivity index (χ0v) is 11.2. The van der Waals surface area contributed by atoms with Gasteiger partial charge >= 0.3 is 0 Å². The Morgan fingerprint density at radius 1 is 1.17 bits per heavy atom. The van der Waals surface area contributed by atoms with Gasteiger partial charge in [-0.1, -0.05) is 30.3 Å². The molecular formula is C14H19ClN2O. The van der Waals surface area contributed by atoms with Gasteiger partial charge < -0.3 is 10.2 Å². The molecule has 4 heteroatoms. The van der Waals surface area contributed by atoms with Gasteiger partial charge in [0.15, 0.2) is 0 Å². The summed E-state index contributed by atoms with van der Waals surface area (Å²) in [6.45, 7) is 4.06. The molecule has 0 radical (unpaired) electrons. The molecule has 98 valence electrons. The molecule has 2 aliphatic rings. The van der Waals surface area contributed by atoms with E-state index >= 15 is 0 Å². The predicted octanol–water partition coefficient (Wildman–Crippen LogP) is 1.33. The van der Waals surface area contributed by atoms with Crippen LogP contribution in [0.1, 0.15) is 5.56 Å². The molecule has 18 heavy (non-hydrogen) atoms. The van der Waals surface area contributed by atoms with Crippen LogP contribution in [0.5, 0.6) is 0 Å². The first kappa shape index (κ1) is 13.4. The minimum absolute atomic E-state index is 0. The van der Waals surface area contributed by atoms with Crippen LogP contribution in [0.15, 0.2) is 30.3 Å². The number of carbonyl (C=O) groups is 1. The molecule has 1 N–H and O–H groups in total. The Hall–Kier alpha value is -1.06. The summed E-state index contributed by atoms with van der Waals surface area (Å²) in [6.07, 6.45) is 0.549. The SMILES string of the molecule is Cl.O=C(Cc1ccccc1)N1C[C@H]2CNC[C@H]2C1. The van der Waals surface area contributed by atoms with E-state index < -0.39 is 0 Å². The van der Waals surface area contributed by atoms with Crippen LogP contribution in [0, 0.1) is 11.8 Å². The van der Waals surface area contributed by atoms with Crippen molar-refractivity contribution < 1.29 is 4.79 Å². The minimum Gasteiger partial charge on any atom is -0.342 e. The predicted molar refractivity (Wildman–Crippen MR) is 73.8 cm³/mol. The maximum atomic E-state index is 12.2. The van der Waals surface area contributed by atoms with Gasteiger partial charge in [-0.2, -0.15) is 0 Å². The Kier molecular flexibility index (Phi) is 4.25. The van der Waals surface area contributed by atoms with Crippen LogP contribution in [0.25, 0.3) is 0 Å². The lowest BCUT2D eigenvalue weighted by molar-refractivity contribution is -0.129. The highest BCUT2D eigenvalue weighted by Crippen LogP contribution is 2.26. The monoisotopic (exact) mass is 266 g/mol. The number of fused-ring (bicyclic) bond motifs is 1. The molecule has 1 amide bonds. The van der Waals surface area contributed by atoms with Crippen LogP contribution in [0.4, 0.5) is 0 Å². The second-order valence-electron chi connectivity index (χ2n) is 5.14. The molecule has 2 atom stereocenters. The van der Waals surface area contributed by atoms with E-state index in [2.05, 4.69) is 5.32 Å². The lowest BCUT2D eigenvalue weighted by Crippen LogP contribution is -2.32. The highest BCUT2D eigenvalue weighted by molar-refractivity contribution is 5.85. The Morgan fingerprint density at radius 2 is 1.78 bits per heavy atom. The molecule has 0 aliphatic carbocycles. The molecule has 0 unspecified atom stereocenters. The zero-order valence-electron chi connectivity index (χ0n) is 10.3. The van der Waals surface area contributed by atoms with Crippen LogP contribution in [-0.2, 0) is 11.2 Å². The lowest BCUT2D eigenvalue weighted by Gasteiger charge is -2.17. The van der Waals surface area contributed by atoms with Gasteiger partial charge in [0.05, 0.1) is 6.42 Å². The van der Waals surface area contributed by atoms with Crippen LogP contribution in [-0.4, -0.2) is 37.0 Å². The van der Waals surface area contributed by atoms with Gasteiger partial charge in [0.25, 0.3) is 0 Å². The van der Waals surface area contributed by atoms with E-state index in [-0.39, 0.29) is 18.3 Å². The van der Waals surface area contributed by atoms with Crippen molar-refractivity contribution in [1.29, 1.82) is 0 Å². The molecule has 3 rings (SSSR count). The second kappa shape index (κ2) is 5.72. The van der Waals surface area contributed by atoms with Crippen molar-refractivity contribution in [2.45, 2.75) is 6.42 Å². The topological polar surface area (TPSA) is 32.3 Å². The van der Waals surface area contributed by atoms with Crippen molar-refractivity contribution in [3.8, 4) is 0 Å². The summed E-state index contributed by atoms with van der Waals surface area (Å²) in [6, 6.07) is 10.0. The maximum absolute atomic E-state index is 12.2. The number of hydrogen-bond donors (Lipinski definition) is 1. The summed E-state index contributed by atoms with van der Waals surface area (Å²) in [5.41, 5.74) is 1.12. The van der Waals surface area contributed by atoms with E-state index in [1.165, 1.54) is 0 Å². The molecule has 2 aliphatic heterocycles. The number of benzene rings is 1. The Bertz CT molecular complexity index is 398. The summed E-state index contributed by atoms with van der Waals surface area (Å²) < 4.78 is 0. The number of halogens is 1. The van der Waals surface area contributed by atoms with Crippen molar-refractivity contribution in [2.24, 2.45) is 11.8 Å². The van der Waals surface area contributed by atoms with E-state index in [0.717, 1.165) is 31.7 Å². The standard InChI is InChI=1S/C14H18N2O.ClH/c17-14(6-11-4-2-1-3-5-11)16-9-12-7-15-8-13(12)10-16;/h1-5,12-13,15H,6-10H2;1H/t12-,13+;. The summed E-state index contributed by atoms with van der Waals surface area (Å²) in [5, 5.41) is 3.40. The summed E-state index contributed by atoms with van der Waals surface area (Å²) in [7, 11) is 0. The fraction of sp³-hybridized carbons (Fsp3) is 0.500. The van der Waals surface area contributed by atoms with E-state index in [9.17, 15) is 4.79 Å². The Labute approximate surface area is 114 Å². The van der Waals surface area contributed by atoms with Crippen molar-refractivity contribution in [1.82, 2.24) is 10.2 Å². The molecule has 0 spiro atoms. The molecule has 0 saturated carbocycles. The van der Waals surface area contributed by atoms with E-state index in [1.807, 2.05) is 35.2 Å². The maximum Gasteiger partial charge on any atom is 0.227 e. The molecule has 2 heterocycles. The third-order valence-electron chi connectivity index (χ3n) is 3.94. The second-order valence-corrected chi connectivity index (χ2v) is 5.14.